The van der Waals surface area contributed by atoms with Crippen LogP contribution in [0.15, 0.2) is 48.2 Å². The molecule has 0 saturated heterocycles. The molecular formula is C36H49N3O5. The van der Waals surface area contributed by atoms with Gasteiger partial charge in [0.1, 0.15) is 29.1 Å². The van der Waals surface area contributed by atoms with Crippen molar-refractivity contribution < 1.29 is 23.7 Å². The van der Waals surface area contributed by atoms with Crippen LogP contribution in [0.5, 0.6) is 17.2 Å². The van der Waals surface area contributed by atoms with Crippen LogP contribution in [0.3, 0.4) is 0 Å². The SMILES string of the molecule is CCCc1cc(OC(C)OC(C)NC(=O)Oc2cccc3[nH]cc(CCN(C)C)c23)c2c(c1)OC(C)(C)C1CCC(C)=CC21. The minimum absolute atomic E-state index is 0.213. The molecule has 1 aliphatic heterocycles. The summed E-state index contributed by atoms with van der Waals surface area (Å²) in [6.07, 6.45) is 7.48. The van der Waals surface area contributed by atoms with Crippen LogP contribution in [0.4, 0.5) is 4.79 Å². The number of nitrogens with one attached hydrogen (secondary N) is 2. The summed E-state index contributed by atoms with van der Waals surface area (Å²) in [6, 6.07) is 9.99. The van der Waals surface area contributed by atoms with Crippen LogP contribution in [0.25, 0.3) is 10.9 Å². The number of ether oxygens (including phenoxy) is 4. The van der Waals surface area contributed by atoms with Crippen molar-refractivity contribution in [2.24, 2.45) is 5.92 Å². The van der Waals surface area contributed by atoms with Gasteiger partial charge in [-0.2, -0.15) is 0 Å². The molecule has 3 aromatic rings. The molecule has 1 amide bonds. The fraction of sp³-hybridized carbons (Fsp3) is 0.528. The maximum atomic E-state index is 13.0. The van der Waals surface area contributed by atoms with Gasteiger partial charge in [0.25, 0.3) is 0 Å². The van der Waals surface area contributed by atoms with Gasteiger partial charge in [0.2, 0.25) is 0 Å². The molecule has 2 aliphatic rings. The summed E-state index contributed by atoms with van der Waals surface area (Å²) in [5.41, 5.74) is 5.44. The number of rotatable bonds is 11. The lowest BCUT2D eigenvalue weighted by molar-refractivity contribution is -0.109. The molecule has 0 spiro atoms. The maximum absolute atomic E-state index is 13.0. The van der Waals surface area contributed by atoms with E-state index in [1.165, 1.54) is 11.1 Å². The van der Waals surface area contributed by atoms with E-state index in [0.717, 1.165) is 72.2 Å². The van der Waals surface area contributed by atoms with Crippen molar-refractivity contribution in [2.75, 3.05) is 20.6 Å². The van der Waals surface area contributed by atoms with E-state index in [4.69, 9.17) is 18.9 Å². The Morgan fingerprint density at radius 2 is 1.98 bits per heavy atom. The standard InChI is InChI=1S/C36H49N3O5/c1-9-11-25-19-31(34-27-18-22(2)14-15-28(27)36(5,6)44-32(34)20-25)42-24(4)41-23(3)38-35(40)43-30-13-10-12-29-33(30)26(21-37-29)16-17-39(7)8/h10,12-13,18-21,23-24,27-28,37H,9,11,14-17H2,1-8H3,(H,38,40). The lowest BCUT2D eigenvalue weighted by Crippen LogP contribution is -2.45. The molecule has 2 N–H and O–H groups in total. The van der Waals surface area contributed by atoms with Crippen molar-refractivity contribution in [3.63, 3.8) is 0 Å². The van der Waals surface area contributed by atoms with Crippen molar-refractivity contribution >= 4 is 17.0 Å². The molecule has 238 valence electrons. The third-order valence-electron chi connectivity index (χ3n) is 8.84. The third-order valence-corrected chi connectivity index (χ3v) is 8.84. The number of H-pyrrole nitrogens is 1. The van der Waals surface area contributed by atoms with Gasteiger partial charge in [0, 0.05) is 41.0 Å². The van der Waals surface area contributed by atoms with Crippen LogP contribution in [-0.4, -0.2) is 54.7 Å². The Kier molecular flexibility index (Phi) is 9.61. The number of aryl methyl sites for hydroxylation is 1. The van der Waals surface area contributed by atoms with Gasteiger partial charge < -0.3 is 28.8 Å². The molecule has 0 fully saturated rings. The predicted octanol–water partition coefficient (Wildman–Crippen LogP) is 7.71. The molecule has 0 saturated carbocycles. The molecule has 4 unspecified atom stereocenters. The van der Waals surface area contributed by atoms with E-state index in [1.807, 2.05) is 45.4 Å². The molecule has 2 aromatic carbocycles. The number of carbonyl (C=O) groups is 1. The topological polar surface area (TPSA) is 85.1 Å². The average molecular weight is 604 g/mol. The lowest BCUT2D eigenvalue weighted by Gasteiger charge is -2.47. The number of likely N-dealkylation sites (N-methyl/N-ethyl adjacent to an activating group) is 1. The monoisotopic (exact) mass is 603 g/mol. The highest BCUT2D eigenvalue weighted by Crippen LogP contribution is 2.54. The molecular weight excluding hydrogens is 554 g/mol. The van der Waals surface area contributed by atoms with Gasteiger partial charge in [-0.25, -0.2) is 4.79 Å². The molecule has 4 atom stereocenters. The Bertz CT molecular complexity index is 1510. The highest BCUT2D eigenvalue weighted by atomic mass is 16.7. The van der Waals surface area contributed by atoms with Gasteiger partial charge in [0.15, 0.2) is 6.29 Å². The summed E-state index contributed by atoms with van der Waals surface area (Å²) >= 11 is 0. The van der Waals surface area contributed by atoms with Gasteiger partial charge in [-0.3, -0.25) is 5.32 Å². The zero-order valence-electron chi connectivity index (χ0n) is 27.6. The second-order valence-electron chi connectivity index (χ2n) is 13.2. The van der Waals surface area contributed by atoms with Crippen LogP contribution in [0.1, 0.15) is 83.4 Å². The minimum Gasteiger partial charge on any atom is -0.487 e. The summed E-state index contributed by atoms with van der Waals surface area (Å²) in [7, 11) is 4.09. The van der Waals surface area contributed by atoms with E-state index in [2.05, 4.69) is 61.1 Å². The van der Waals surface area contributed by atoms with E-state index < -0.39 is 18.6 Å². The maximum Gasteiger partial charge on any atom is 0.414 e. The van der Waals surface area contributed by atoms with Crippen molar-refractivity contribution in [1.82, 2.24) is 15.2 Å². The molecule has 5 rings (SSSR count). The summed E-state index contributed by atoms with van der Waals surface area (Å²) in [5, 5.41) is 3.73. The molecule has 8 nitrogen and oxygen atoms in total. The van der Waals surface area contributed by atoms with Crippen molar-refractivity contribution in [2.45, 2.75) is 97.7 Å². The van der Waals surface area contributed by atoms with Gasteiger partial charge in [0.05, 0.1) is 0 Å². The summed E-state index contributed by atoms with van der Waals surface area (Å²) < 4.78 is 25.0. The largest absolute Gasteiger partial charge is 0.487 e. The number of benzene rings is 2. The first kappa shape index (κ1) is 31.9. The van der Waals surface area contributed by atoms with Gasteiger partial charge in [-0.1, -0.05) is 31.1 Å². The first-order chi connectivity index (χ1) is 20.9. The zero-order chi connectivity index (χ0) is 31.6. The average Bonchev–Trinajstić information content (AvgIpc) is 3.35. The first-order valence-electron chi connectivity index (χ1n) is 16.0. The first-order valence-corrected chi connectivity index (χ1v) is 16.0. The second kappa shape index (κ2) is 13.2. The van der Waals surface area contributed by atoms with Crippen molar-refractivity contribution in [1.29, 1.82) is 0 Å². The van der Waals surface area contributed by atoms with Crippen LogP contribution >= 0.6 is 0 Å². The smallest absolute Gasteiger partial charge is 0.414 e. The highest BCUT2D eigenvalue weighted by Gasteiger charge is 2.45. The third kappa shape index (κ3) is 7.08. The van der Waals surface area contributed by atoms with Crippen molar-refractivity contribution in [3.8, 4) is 17.2 Å². The van der Waals surface area contributed by atoms with Crippen LogP contribution in [0, 0.1) is 5.92 Å². The summed E-state index contributed by atoms with van der Waals surface area (Å²) in [5.74, 6) is 2.77. The van der Waals surface area contributed by atoms with E-state index in [0.29, 0.717) is 11.7 Å². The zero-order valence-corrected chi connectivity index (χ0v) is 27.6. The Morgan fingerprint density at radius 3 is 2.73 bits per heavy atom. The normalized spacial score (nSPS) is 20.2. The number of allylic oxidation sites excluding steroid dienone is 2. The van der Waals surface area contributed by atoms with Crippen LogP contribution in [0.2, 0.25) is 0 Å². The molecule has 8 heteroatoms. The predicted molar refractivity (Wildman–Crippen MR) is 175 cm³/mol. The number of fused-ring (bicyclic) bond motifs is 4. The summed E-state index contributed by atoms with van der Waals surface area (Å²) in [6.45, 7) is 13.3. The molecule has 2 heterocycles. The number of nitrogens with zero attached hydrogens (tertiary/aromatic N) is 1. The molecule has 1 aliphatic carbocycles. The number of carbonyl (C=O) groups excluding carboxylic acids is 1. The fourth-order valence-corrected chi connectivity index (χ4v) is 6.76. The molecule has 0 bridgehead atoms. The second-order valence-corrected chi connectivity index (χ2v) is 13.2. The van der Waals surface area contributed by atoms with E-state index >= 15 is 0 Å². The Labute approximate surface area is 262 Å². The summed E-state index contributed by atoms with van der Waals surface area (Å²) in [4.78, 5) is 18.4. The number of aromatic nitrogens is 1. The van der Waals surface area contributed by atoms with Crippen LogP contribution in [-0.2, 0) is 17.6 Å². The number of hydrogen-bond acceptors (Lipinski definition) is 6. The fourth-order valence-electron chi connectivity index (χ4n) is 6.76. The number of amides is 1. The van der Waals surface area contributed by atoms with Gasteiger partial charge in [-0.15, -0.1) is 0 Å². The molecule has 1 aromatic heterocycles. The quantitative estimate of drug-likeness (QED) is 0.173. The molecule has 44 heavy (non-hydrogen) atoms. The van der Waals surface area contributed by atoms with E-state index in [1.54, 1.807) is 6.92 Å². The van der Waals surface area contributed by atoms with Crippen molar-refractivity contribution in [3.05, 3.63) is 64.9 Å². The van der Waals surface area contributed by atoms with Gasteiger partial charge in [-0.05, 0) is 110 Å². The number of aromatic amines is 1. The van der Waals surface area contributed by atoms with E-state index in [9.17, 15) is 4.79 Å². The number of hydrogen-bond donors (Lipinski definition) is 2. The van der Waals surface area contributed by atoms with E-state index in [-0.39, 0.29) is 11.5 Å². The lowest BCUT2D eigenvalue weighted by atomic mass is 9.68. The highest BCUT2D eigenvalue weighted by molar-refractivity contribution is 5.91. The molecule has 0 radical (unpaired) electrons. The Balaban J connectivity index is 1.29. The Hall–Kier alpha value is -3.49. The van der Waals surface area contributed by atoms with Crippen LogP contribution < -0.4 is 19.5 Å². The Morgan fingerprint density at radius 1 is 1.18 bits per heavy atom. The van der Waals surface area contributed by atoms with Gasteiger partial charge >= 0.3 is 6.09 Å². The minimum atomic E-state index is -0.648.